The highest BCUT2D eigenvalue weighted by Gasteiger charge is 2.01. The molecule has 1 aromatic rings. The topological polar surface area (TPSA) is 40.9 Å². The number of carbonyl (C=O) groups is 1. The molecule has 0 aliphatic rings. The van der Waals surface area contributed by atoms with Gasteiger partial charge in [-0.2, -0.15) is 5.26 Å². The average molecular weight is 197 g/mol. The maximum atomic E-state index is 11.1. The first-order chi connectivity index (χ1) is 7.15. The van der Waals surface area contributed by atoms with E-state index in [2.05, 4.69) is 11.8 Å². The molecule has 0 unspecified atom stereocenters. The summed E-state index contributed by atoms with van der Waals surface area (Å²) >= 11 is 0. The lowest BCUT2D eigenvalue weighted by Crippen LogP contribution is -1.94. The number of ketones is 1. The second-order valence-corrected chi connectivity index (χ2v) is 3.22. The van der Waals surface area contributed by atoms with Crippen LogP contribution in [0.25, 0.3) is 0 Å². The lowest BCUT2D eigenvalue weighted by Gasteiger charge is -2.00. The molecule has 1 rings (SSSR count). The van der Waals surface area contributed by atoms with E-state index >= 15 is 0 Å². The second-order valence-electron chi connectivity index (χ2n) is 3.22. The summed E-state index contributed by atoms with van der Waals surface area (Å²) in [6.07, 6.45) is 0.212. The van der Waals surface area contributed by atoms with Crippen molar-refractivity contribution in [3.05, 3.63) is 34.9 Å². The molecule has 0 heterocycles. The summed E-state index contributed by atoms with van der Waals surface area (Å²) in [5.41, 5.74) is 2.49. The Balaban J connectivity index is 3.08. The number of hydrogen-bond acceptors (Lipinski definition) is 2. The first-order valence-electron chi connectivity index (χ1n) is 4.62. The normalized spacial score (nSPS) is 8.60. The van der Waals surface area contributed by atoms with Gasteiger partial charge in [-0.25, -0.2) is 0 Å². The second kappa shape index (κ2) is 4.98. The van der Waals surface area contributed by atoms with Crippen LogP contribution in [-0.4, -0.2) is 5.78 Å². The highest BCUT2D eigenvalue weighted by Crippen LogP contribution is 2.10. The van der Waals surface area contributed by atoms with Gasteiger partial charge in [-0.1, -0.05) is 24.0 Å². The van der Waals surface area contributed by atoms with E-state index in [1.54, 1.807) is 12.1 Å². The van der Waals surface area contributed by atoms with Crippen molar-refractivity contribution in [2.45, 2.75) is 20.3 Å². The zero-order chi connectivity index (χ0) is 11.3. The number of nitrogens with zero attached hydrogens (tertiary/aromatic N) is 1. The standard InChI is InChI=1S/C13H11NO/c1-10-6-7-13(11(2)15)9-12(10)5-3-4-8-14/h6-7,9H,4H2,1-2H3. The Hall–Kier alpha value is -2.06. The van der Waals surface area contributed by atoms with E-state index < -0.39 is 0 Å². The molecule has 0 aliphatic heterocycles. The van der Waals surface area contributed by atoms with Crippen molar-refractivity contribution < 1.29 is 4.79 Å². The van der Waals surface area contributed by atoms with Crippen molar-refractivity contribution in [2.24, 2.45) is 0 Å². The largest absolute Gasteiger partial charge is 0.295 e. The number of Topliss-reactive ketones (excluding diaryl/α,β-unsaturated/α-hetero) is 1. The van der Waals surface area contributed by atoms with E-state index in [1.165, 1.54) is 6.92 Å². The van der Waals surface area contributed by atoms with Crippen molar-refractivity contribution in [3.63, 3.8) is 0 Å². The Morgan fingerprint density at radius 1 is 1.47 bits per heavy atom. The van der Waals surface area contributed by atoms with Crippen LogP contribution in [0, 0.1) is 30.1 Å². The first-order valence-corrected chi connectivity index (χ1v) is 4.62. The predicted octanol–water partition coefficient (Wildman–Crippen LogP) is 2.46. The molecule has 2 heteroatoms. The van der Waals surface area contributed by atoms with Gasteiger partial charge in [-0.05, 0) is 25.5 Å². The van der Waals surface area contributed by atoms with E-state index in [0.29, 0.717) is 5.56 Å². The number of hydrogen-bond donors (Lipinski definition) is 0. The summed E-state index contributed by atoms with van der Waals surface area (Å²) in [5, 5.41) is 8.35. The predicted molar refractivity (Wildman–Crippen MR) is 58.3 cm³/mol. The summed E-state index contributed by atoms with van der Waals surface area (Å²) in [4.78, 5) is 11.1. The fourth-order valence-electron chi connectivity index (χ4n) is 1.15. The SMILES string of the molecule is CC(=O)c1ccc(C)c(C#CCC#N)c1. The summed E-state index contributed by atoms with van der Waals surface area (Å²) in [6.45, 7) is 3.46. The Kier molecular flexibility index (Phi) is 3.66. The molecule has 0 spiro atoms. The van der Waals surface area contributed by atoms with Crippen LogP contribution in [-0.2, 0) is 0 Å². The molecule has 0 N–H and O–H groups in total. The summed E-state index contributed by atoms with van der Waals surface area (Å²) in [6, 6.07) is 7.37. The van der Waals surface area contributed by atoms with E-state index in [-0.39, 0.29) is 12.2 Å². The van der Waals surface area contributed by atoms with Gasteiger partial charge in [0.15, 0.2) is 5.78 Å². The molecule has 0 atom stereocenters. The molecule has 1 aromatic carbocycles. The van der Waals surface area contributed by atoms with E-state index in [4.69, 9.17) is 5.26 Å². The highest BCUT2D eigenvalue weighted by molar-refractivity contribution is 5.94. The molecule has 0 aliphatic carbocycles. The molecule has 0 aromatic heterocycles. The third-order valence-electron chi connectivity index (χ3n) is 2.03. The van der Waals surface area contributed by atoms with Gasteiger partial charge in [0.05, 0.1) is 12.5 Å². The number of rotatable bonds is 1. The fourth-order valence-corrected chi connectivity index (χ4v) is 1.15. The lowest BCUT2D eigenvalue weighted by atomic mass is 10.0. The Morgan fingerprint density at radius 3 is 2.80 bits per heavy atom. The molecule has 0 fully saturated rings. The quantitative estimate of drug-likeness (QED) is 0.512. The molecule has 0 bridgehead atoms. The van der Waals surface area contributed by atoms with Crippen molar-refractivity contribution in [1.82, 2.24) is 0 Å². The van der Waals surface area contributed by atoms with Gasteiger partial charge in [-0.3, -0.25) is 4.79 Å². The minimum atomic E-state index is 0.0262. The van der Waals surface area contributed by atoms with Crippen molar-refractivity contribution in [1.29, 1.82) is 5.26 Å². The first kappa shape index (κ1) is 11.0. The number of carbonyl (C=O) groups excluding carboxylic acids is 1. The van der Waals surface area contributed by atoms with Crippen LogP contribution in [0.5, 0.6) is 0 Å². The van der Waals surface area contributed by atoms with Crippen molar-refractivity contribution in [3.8, 4) is 17.9 Å². The number of aryl methyl sites for hydroxylation is 1. The van der Waals surface area contributed by atoms with E-state index in [1.807, 2.05) is 19.1 Å². The van der Waals surface area contributed by atoms with Crippen LogP contribution < -0.4 is 0 Å². The average Bonchev–Trinajstić information content (AvgIpc) is 2.20. The van der Waals surface area contributed by atoms with Gasteiger partial charge >= 0.3 is 0 Å². The molecule has 2 nitrogen and oxygen atoms in total. The molecular formula is C13H11NO. The van der Waals surface area contributed by atoms with Crippen molar-refractivity contribution in [2.75, 3.05) is 0 Å². The minimum Gasteiger partial charge on any atom is -0.295 e. The molecule has 0 amide bonds. The summed E-state index contributed by atoms with van der Waals surface area (Å²) in [5.74, 6) is 5.65. The van der Waals surface area contributed by atoms with Crippen LogP contribution >= 0.6 is 0 Å². The van der Waals surface area contributed by atoms with Gasteiger partial charge in [0, 0.05) is 11.1 Å². The monoisotopic (exact) mass is 197 g/mol. The molecule has 0 radical (unpaired) electrons. The minimum absolute atomic E-state index is 0.0262. The van der Waals surface area contributed by atoms with Crippen LogP contribution in [0.2, 0.25) is 0 Å². The lowest BCUT2D eigenvalue weighted by molar-refractivity contribution is 0.101. The van der Waals surface area contributed by atoms with Gasteiger partial charge in [0.1, 0.15) is 0 Å². The van der Waals surface area contributed by atoms with Gasteiger partial charge in [0.25, 0.3) is 0 Å². The molecule has 15 heavy (non-hydrogen) atoms. The smallest absolute Gasteiger partial charge is 0.159 e. The Morgan fingerprint density at radius 2 is 2.20 bits per heavy atom. The summed E-state index contributed by atoms with van der Waals surface area (Å²) in [7, 11) is 0. The maximum Gasteiger partial charge on any atom is 0.159 e. The van der Waals surface area contributed by atoms with Crippen molar-refractivity contribution >= 4 is 5.78 Å². The molecule has 0 saturated carbocycles. The fraction of sp³-hybridized carbons (Fsp3) is 0.231. The van der Waals surface area contributed by atoms with E-state index in [9.17, 15) is 4.79 Å². The highest BCUT2D eigenvalue weighted by atomic mass is 16.1. The number of benzene rings is 1. The Bertz CT molecular complexity index is 483. The van der Waals surface area contributed by atoms with Crippen LogP contribution in [0.1, 0.15) is 34.8 Å². The van der Waals surface area contributed by atoms with Gasteiger partial charge in [0.2, 0.25) is 0 Å². The summed E-state index contributed by atoms with van der Waals surface area (Å²) < 4.78 is 0. The zero-order valence-corrected chi connectivity index (χ0v) is 8.79. The van der Waals surface area contributed by atoms with Crippen LogP contribution in [0.15, 0.2) is 18.2 Å². The molecule has 0 saturated heterocycles. The Labute approximate surface area is 89.5 Å². The van der Waals surface area contributed by atoms with Crippen LogP contribution in [0.3, 0.4) is 0 Å². The van der Waals surface area contributed by atoms with Crippen LogP contribution in [0.4, 0.5) is 0 Å². The van der Waals surface area contributed by atoms with Gasteiger partial charge < -0.3 is 0 Å². The zero-order valence-electron chi connectivity index (χ0n) is 8.79. The number of nitriles is 1. The molecular weight excluding hydrogens is 186 g/mol. The third kappa shape index (κ3) is 2.97. The molecule has 74 valence electrons. The van der Waals surface area contributed by atoms with Gasteiger partial charge in [-0.15, -0.1) is 0 Å². The maximum absolute atomic E-state index is 11.1. The van der Waals surface area contributed by atoms with E-state index in [0.717, 1.165) is 11.1 Å². The third-order valence-corrected chi connectivity index (χ3v) is 2.03.